The summed E-state index contributed by atoms with van der Waals surface area (Å²) in [6.45, 7) is 4.80. The zero-order valence-corrected chi connectivity index (χ0v) is 9.35. The lowest BCUT2D eigenvalue weighted by Gasteiger charge is -2.30. The van der Waals surface area contributed by atoms with Crippen molar-refractivity contribution in [3.05, 3.63) is 0 Å². The molecule has 14 heavy (non-hydrogen) atoms. The molecule has 0 aromatic carbocycles. The van der Waals surface area contributed by atoms with Crippen LogP contribution in [0.3, 0.4) is 0 Å². The normalized spacial score (nSPS) is 13.4. The van der Waals surface area contributed by atoms with Gasteiger partial charge in [-0.15, -0.1) is 0 Å². The van der Waals surface area contributed by atoms with Gasteiger partial charge in [-0.05, 0) is 0 Å². The fourth-order valence-electron chi connectivity index (χ4n) is 1.09. The number of carboxylic acids is 1. The van der Waals surface area contributed by atoms with Gasteiger partial charge in [-0.1, -0.05) is 25.8 Å². The van der Waals surface area contributed by atoms with Crippen molar-refractivity contribution in [1.29, 1.82) is 0 Å². The van der Waals surface area contributed by atoms with Gasteiger partial charge in [-0.25, -0.2) is 4.79 Å². The van der Waals surface area contributed by atoms with Crippen LogP contribution >= 0.6 is 11.9 Å². The minimum atomic E-state index is -1.04. The van der Waals surface area contributed by atoms with E-state index in [-0.39, 0.29) is 5.91 Å². The highest BCUT2D eigenvalue weighted by molar-refractivity contribution is 7.97. The van der Waals surface area contributed by atoms with Crippen LogP contribution < -0.4 is 10.5 Å². The van der Waals surface area contributed by atoms with E-state index in [4.69, 9.17) is 10.2 Å². The lowest BCUT2D eigenvalue weighted by Crippen LogP contribution is -2.50. The number of aliphatic carboxylic acids is 1. The van der Waals surface area contributed by atoms with Gasteiger partial charge in [0.25, 0.3) is 0 Å². The van der Waals surface area contributed by atoms with Gasteiger partial charge in [0.1, 0.15) is 6.04 Å². The second-order valence-electron chi connectivity index (χ2n) is 3.77. The first-order chi connectivity index (χ1) is 6.31. The molecule has 0 saturated heterocycles. The van der Waals surface area contributed by atoms with Gasteiger partial charge in [-0.2, -0.15) is 0 Å². The first-order valence-electron chi connectivity index (χ1n) is 4.13. The second kappa shape index (κ2) is 5.21. The monoisotopic (exact) mass is 220 g/mol. The first-order valence-corrected chi connectivity index (χ1v) is 5.17. The van der Waals surface area contributed by atoms with E-state index in [9.17, 15) is 9.59 Å². The minimum Gasteiger partial charge on any atom is -0.480 e. The van der Waals surface area contributed by atoms with Crippen molar-refractivity contribution in [1.82, 2.24) is 5.32 Å². The summed E-state index contributed by atoms with van der Waals surface area (Å²) in [6.07, 6.45) is 0. The maximum Gasteiger partial charge on any atom is 0.326 e. The van der Waals surface area contributed by atoms with Crippen molar-refractivity contribution in [2.24, 2.45) is 10.6 Å². The molecular formula is C8H16N2O3S. The molecule has 0 saturated carbocycles. The molecule has 82 valence electrons. The number of nitrogens with two attached hydrogens (primary N) is 1. The van der Waals surface area contributed by atoms with Crippen LogP contribution in [0, 0.1) is 5.41 Å². The topological polar surface area (TPSA) is 92.4 Å². The average Bonchev–Trinajstić information content (AvgIpc) is 1.99. The molecule has 0 aliphatic carbocycles. The highest BCUT2D eigenvalue weighted by Crippen LogP contribution is 2.24. The standard InChI is InChI=1S/C8H16N2O3S/c1-5(11)10-6(7(12)13)8(2,3)4-14-9/h6H,4,9H2,1-3H3,(H,10,11)(H,12,13). The molecule has 1 atom stereocenters. The Bertz CT molecular complexity index is 231. The van der Waals surface area contributed by atoms with Gasteiger partial charge in [0.15, 0.2) is 0 Å². The van der Waals surface area contributed by atoms with E-state index in [1.54, 1.807) is 13.8 Å². The third-order valence-electron chi connectivity index (χ3n) is 1.83. The van der Waals surface area contributed by atoms with E-state index in [0.29, 0.717) is 5.75 Å². The van der Waals surface area contributed by atoms with Crippen LogP contribution in [0.2, 0.25) is 0 Å². The summed E-state index contributed by atoms with van der Waals surface area (Å²) in [7, 11) is 0. The summed E-state index contributed by atoms with van der Waals surface area (Å²) in [5.74, 6) is -0.934. The zero-order valence-electron chi connectivity index (χ0n) is 8.53. The summed E-state index contributed by atoms with van der Waals surface area (Å²) in [5.41, 5.74) is -0.573. The Morgan fingerprint density at radius 1 is 1.57 bits per heavy atom. The molecule has 1 unspecified atom stereocenters. The number of carbonyl (C=O) groups excluding carboxylic acids is 1. The molecule has 4 N–H and O–H groups in total. The largest absolute Gasteiger partial charge is 0.480 e. The molecule has 6 heteroatoms. The average molecular weight is 220 g/mol. The Labute approximate surface area is 87.6 Å². The Hall–Kier alpha value is -0.750. The minimum absolute atomic E-state index is 0.354. The van der Waals surface area contributed by atoms with Crippen LogP contribution in [0.1, 0.15) is 20.8 Å². The first kappa shape index (κ1) is 13.2. The van der Waals surface area contributed by atoms with Gasteiger partial charge in [0, 0.05) is 18.1 Å². The predicted molar refractivity (Wildman–Crippen MR) is 55.7 cm³/mol. The zero-order chi connectivity index (χ0) is 11.4. The Balaban J connectivity index is 4.62. The third-order valence-corrected chi connectivity index (χ3v) is 2.74. The highest BCUT2D eigenvalue weighted by Gasteiger charge is 2.35. The Morgan fingerprint density at radius 3 is 2.36 bits per heavy atom. The van der Waals surface area contributed by atoms with E-state index in [1.807, 2.05) is 0 Å². The molecule has 0 aromatic heterocycles. The summed E-state index contributed by atoms with van der Waals surface area (Å²) >= 11 is 1.07. The molecule has 0 aliphatic rings. The van der Waals surface area contributed by atoms with Crippen LogP contribution in [-0.4, -0.2) is 28.8 Å². The molecule has 0 fully saturated rings. The second-order valence-corrected chi connectivity index (χ2v) is 4.39. The summed E-state index contributed by atoms with van der Waals surface area (Å²) < 4.78 is 0. The number of hydrogen-bond donors (Lipinski definition) is 3. The lowest BCUT2D eigenvalue weighted by molar-refractivity contribution is -0.144. The van der Waals surface area contributed by atoms with Crippen molar-refractivity contribution < 1.29 is 14.7 Å². The summed E-state index contributed by atoms with van der Waals surface area (Å²) in [5, 5.41) is 16.6. The van der Waals surface area contributed by atoms with Gasteiger partial charge >= 0.3 is 5.97 Å². The smallest absolute Gasteiger partial charge is 0.326 e. The molecule has 0 spiro atoms. The fourth-order valence-corrected chi connectivity index (χ4v) is 1.69. The SMILES string of the molecule is CC(=O)NC(C(=O)O)C(C)(C)CSN. The number of carbonyl (C=O) groups is 2. The van der Waals surface area contributed by atoms with Crippen molar-refractivity contribution in [3.8, 4) is 0 Å². The predicted octanol–water partition coefficient (Wildman–Crippen LogP) is 0.209. The number of hydrogen-bond acceptors (Lipinski definition) is 4. The van der Waals surface area contributed by atoms with Crippen molar-refractivity contribution >= 4 is 23.8 Å². The van der Waals surface area contributed by atoms with E-state index in [2.05, 4.69) is 5.32 Å². The van der Waals surface area contributed by atoms with Gasteiger partial charge < -0.3 is 10.4 Å². The van der Waals surface area contributed by atoms with Crippen molar-refractivity contribution in [3.63, 3.8) is 0 Å². The van der Waals surface area contributed by atoms with Crippen molar-refractivity contribution in [2.75, 3.05) is 5.75 Å². The molecule has 0 heterocycles. The van der Waals surface area contributed by atoms with Crippen LogP contribution in [-0.2, 0) is 9.59 Å². The van der Waals surface area contributed by atoms with E-state index in [0.717, 1.165) is 11.9 Å². The highest BCUT2D eigenvalue weighted by atomic mass is 32.2. The number of nitrogens with one attached hydrogen (secondary N) is 1. The molecule has 5 nitrogen and oxygen atoms in total. The van der Waals surface area contributed by atoms with E-state index >= 15 is 0 Å². The molecule has 0 aromatic rings. The van der Waals surface area contributed by atoms with Gasteiger partial charge in [0.2, 0.25) is 5.91 Å². The quantitative estimate of drug-likeness (QED) is 0.576. The number of carboxylic acid groups (broad SMARTS) is 1. The Morgan fingerprint density at radius 2 is 2.07 bits per heavy atom. The number of rotatable bonds is 5. The maximum atomic E-state index is 10.9. The fraction of sp³-hybridized carbons (Fsp3) is 0.750. The van der Waals surface area contributed by atoms with Gasteiger partial charge in [-0.3, -0.25) is 9.93 Å². The van der Waals surface area contributed by atoms with Crippen LogP contribution in [0.15, 0.2) is 0 Å². The number of amides is 1. The van der Waals surface area contributed by atoms with Crippen LogP contribution in [0.4, 0.5) is 0 Å². The van der Waals surface area contributed by atoms with Crippen molar-refractivity contribution in [2.45, 2.75) is 26.8 Å². The maximum absolute atomic E-state index is 10.9. The molecule has 0 aliphatic heterocycles. The van der Waals surface area contributed by atoms with Crippen LogP contribution in [0.25, 0.3) is 0 Å². The Kier molecular flexibility index (Phi) is 4.93. The van der Waals surface area contributed by atoms with Crippen LogP contribution in [0.5, 0.6) is 0 Å². The lowest BCUT2D eigenvalue weighted by atomic mass is 9.86. The summed E-state index contributed by atoms with van der Waals surface area (Å²) in [4.78, 5) is 21.7. The van der Waals surface area contributed by atoms with E-state index in [1.165, 1.54) is 6.92 Å². The third kappa shape index (κ3) is 3.97. The molecule has 1 amide bonds. The van der Waals surface area contributed by atoms with E-state index < -0.39 is 17.4 Å². The molecule has 0 bridgehead atoms. The van der Waals surface area contributed by atoms with Gasteiger partial charge in [0.05, 0.1) is 0 Å². The summed E-state index contributed by atoms with van der Waals surface area (Å²) in [6, 6.07) is -0.906. The molecular weight excluding hydrogens is 204 g/mol. The molecule has 0 radical (unpaired) electrons. The molecule has 0 rings (SSSR count).